The van der Waals surface area contributed by atoms with Crippen molar-refractivity contribution in [3.05, 3.63) is 18.1 Å². The monoisotopic (exact) mass is 305 g/mol. The van der Waals surface area contributed by atoms with Crippen LogP contribution >= 0.6 is 0 Å². The SMILES string of the molecule is CCN(CC)c1cnc(C(=O)N2CCN(C(C)=O)CC2)cn1. The molecule has 0 saturated carbocycles. The molecule has 0 aromatic carbocycles. The summed E-state index contributed by atoms with van der Waals surface area (Å²) in [5, 5.41) is 0. The zero-order chi connectivity index (χ0) is 16.1. The van der Waals surface area contributed by atoms with E-state index in [-0.39, 0.29) is 11.8 Å². The Labute approximate surface area is 130 Å². The average Bonchev–Trinajstić information content (AvgIpc) is 2.56. The summed E-state index contributed by atoms with van der Waals surface area (Å²) in [6.07, 6.45) is 3.18. The van der Waals surface area contributed by atoms with E-state index in [2.05, 4.69) is 28.7 Å². The Hall–Kier alpha value is -2.18. The number of hydrogen-bond acceptors (Lipinski definition) is 5. The molecule has 2 heterocycles. The highest BCUT2D eigenvalue weighted by Crippen LogP contribution is 2.11. The molecule has 7 nitrogen and oxygen atoms in total. The van der Waals surface area contributed by atoms with Crippen LogP contribution in [0.4, 0.5) is 5.82 Å². The molecular weight excluding hydrogens is 282 g/mol. The molecule has 2 rings (SSSR count). The van der Waals surface area contributed by atoms with Gasteiger partial charge < -0.3 is 14.7 Å². The first-order chi connectivity index (χ1) is 10.6. The lowest BCUT2D eigenvalue weighted by molar-refractivity contribution is -0.130. The van der Waals surface area contributed by atoms with Crippen LogP contribution in [0.2, 0.25) is 0 Å². The highest BCUT2D eigenvalue weighted by molar-refractivity contribution is 5.92. The fourth-order valence-corrected chi connectivity index (χ4v) is 2.53. The summed E-state index contributed by atoms with van der Waals surface area (Å²) in [7, 11) is 0. The first kappa shape index (κ1) is 16.2. The molecule has 1 aromatic heterocycles. The molecule has 2 amide bonds. The number of amides is 2. The zero-order valence-corrected chi connectivity index (χ0v) is 13.4. The van der Waals surface area contributed by atoms with Gasteiger partial charge >= 0.3 is 0 Å². The highest BCUT2D eigenvalue weighted by Gasteiger charge is 2.24. The predicted molar refractivity (Wildman–Crippen MR) is 83.8 cm³/mol. The highest BCUT2D eigenvalue weighted by atomic mass is 16.2. The van der Waals surface area contributed by atoms with Crippen molar-refractivity contribution >= 4 is 17.6 Å². The number of carbonyl (C=O) groups excluding carboxylic acids is 2. The molecule has 0 bridgehead atoms. The third-order valence-electron chi connectivity index (χ3n) is 3.96. The summed E-state index contributed by atoms with van der Waals surface area (Å²) in [6, 6.07) is 0. The van der Waals surface area contributed by atoms with E-state index < -0.39 is 0 Å². The molecule has 1 fully saturated rings. The van der Waals surface area contributed by atoms with E-state index in [0.717, 1.165) is 18.9 Å². The summed E-state index contributed by atoms with van der Waals surface area (Å²) in [5.41, 5.74) is 0.354. The van der Waals surface area contributed by atoms with Gasteiger partial charge in [0, 0.05) is 46.2 Å². The molecule has 0 aliphatic carbocycles. The van der Waals surface area contributed by atoms with Gasteiger partial charge in [0.05, 0.1) is 12.4 Å². The van der Waals surface area contributed by atoms with Crippen molar-refractivity contribution in [2.45, 2.75) is 20.8 Å². The second kappa shape index (κ2) is 7.20. The second-order valence-electron chi connectivity index (χ2n) is 5.23. The molecule has 22 heavy (non-hydrogen) atoms. The van der Waals surface area contributed by atoms with Crippen molar-refractivity contribution in [2.75, 3.05) is 44.2 Å². The summed E-state index contributed by atoms with van der Waals surface area (Å²) in [6.45, 7) is 9.59. The molecule has 0 unspecified atom stereocenters. The molecule has 7 heteroatoms. The van der Waals surface area contributed by atoms with Crippen LogP contribution in [0.5, 0.6) is 0 Å². The van der Waals surface area contributed by atoms with Gasteiger partial charge in [0.2, 0.25) is 5.91 Å². The van der Waals surface area contributed by atoms with Crippen LogP contribution in [0, 0.1) is 0 Å². The van der Waals surface area contributed by atoms with Gasteiger partial charge in [-0.15, -0.1) is 0 Å². The minimum absolute atomic E-state index is 0.0514. The maximum absolute atomic E-state index is 12.4. The summed E-state index contributed by atoms with van der Waals surface area (Å²) < 4.78 is 0. The smallest absolute Gasteiger partial charge is 0.274 e. The Balaban J connectivity index is 2.00. The van der Waals surface area contributed by atoms with Crippen molar-refractivity contribution < 1.29 is 9.59 Å². The van der Waals surface area contributed by atoms with E-state index in [1.165, 1.54) is 6.20 Å². The number of aromatic nitrogens is 2. The van der Waals surface area contributed by atoms with E-state index in [0.29, 0.717) is 31.9 Å². The quantitative estimate of drug-likeness (QED) is 0.816. The van der Waals surface area contributed by atoms with E-state index >= 15 is 0 Å². The number of piperazine rings is 1. The van der Waals surface area contributed by atoms with E-state index in [9.17, 15) is 9.59 Å². The van der Waals surface area contributed by atoms with Gasteiger partial charge in [0.25, 0.3) is 5.91 Å². The van der Waals surface area contributed by atoms with Crippen LogP contribution in [0.1, 0.15) is 31.3 Å². The Kier molecular flexibility index (Phi) is 5.30. The minimum Gasteiger partial charge on any atom is -0.356 e. The molecule has 0 spiro atoms. The largest absolute Gasteiger partial charge is 0.356 e. The Morgan fingerprint density at radius 1 is 1.05 bits per heavy atom. The van der Waals surface area contributed by atoms with Crippen molar-refractivity contribution in [2.24, 2.45) is 0 Å². The van der Waals surface area contributed by atoms with Gasteiger partial charge in [0.1, 0.15) is 11.5 Å². The lowest BCUT2D eigenvalue weighted by Crippen LogP contribution is -2.50. The Bertz CT molecular complexity index is 519. The van der Waals surface area contributed by atoms with E-state index in [4.69, 9.17) is 0 Å². The lowest BCUT2D eigenvalue weighted by Gasteiger charge is -2.34. The number of nitrogens with zero attached hydrogens (tertiary/aromatic N) is 5. The fourth-order valence-electron chi connectivity index (χ4n) is 2.53. The van der Waals surface area contributed by atoms with E-state index in [1.54, 1.807) is 22.9 Å². The van der Waals surface area contributed by atoms with Gasteiger partial charge in [-0.25, -0.2) is 9.97 Å². The molecular formula is C15H23N5O2. The number of rotatable bonds is 4. The van der Waals surface area contributed by atoms with Gasteiger partial charge in [-0.3, -0.25) is 9.59 Å². The predicted octanol–water partition coefficient (Wildman–Crippen LogP) is 0.627. The number of carbonyl (C=O) groups is 2. The van der Waals surface area contributed by atoms with Crippen molar-refractivity contribution in [3.63, 3.8) is 0 Å². The standard InChI is InChI=1S/C15H23N5O2/c1-4-18(5-2)14-11-16-13(10-17-14)15(22)20-8-6-19(7-9-20)12(3)21/h10-11H,4-9H2,1-3H3. The van der Waals surface area contributed by atoms with Crippen LogP contribution in [0.3, 0.4) is 0 Å². The minimum atomic E-state index is -0.123. The zero-order valence-electron chi connectivity index (χ0n) is 13.4. The van der Waals surface area contributed by atoms with Gasteiger partial charge in [-0.2, -0.15) is 0 Å². The topological polar surface area (TPSA) is 69.6 Å². The summed E-state index contributed by atoms with van der Waals surface area (Å²) >= 11 is 0. The van der Waals surface area contributed by atoms with Crippen LogP contribution in [-0.4, -0.2) is 70.9 Å². The van der Waals surface area contributed by atoms with Crippen molar-refractivity contribution in [1.82, 2.24) is 19.8 Å². The van der Waals surface area contributed by atoms with Gasteiger partial charge in [-0.1, -0.05) is 0 Å². The van der Waals surface area contributed by atoms with Gasteiger partial charge in [-0.05, 0) is 13.8 Å². The van der Waals surface area contributed by atoms with Crippen molar-refractivity contribution in [1.29, 1.82) is 0 Å². The molecule has 0 radical (unpaired) electrons. The maximum Gasteiger partial charge on any atom is 0.274 e. The van der Waals surface area contributed by atoms with Crippen molar-refractivity contribution in [3.8, 4) is 0 Å². The molecule has 1 saturated heterocycles. The first-order valence-electron chi connectivity index (χ1n) is 7.68. The molecule has 1 aliphatic rings. The number of anilines is 1. The maximum atomic E-state index is 12.4. The Morgan fingerprint density at radius 3 is 2.09 bits per heavy atom. The Morgan fingerprint density at radius 2 is 1.64 bits per heavy atom. The fraction of sp³-hybridized carbons (Fsp3) is 0.600. The molecule has 1 aliphatic heterocycles. The van der Waals surface area contributed by atoms with Gasteiger partial charge in [0.15, 0.2) is 0 Å². The van der Waals surface area contributed by atoms with Crippen LogP contribution in [-0.2, 0) is 4.79 Å². The lowest BCUT2D eigenvalue weighted by atomic mass is 10.3. The molecule has 0 atom stereocenters. The second-order valence-corrected chi connectivity index (χ2v) is 5.23. The molecule has 0 N–H and O–H groups in total. The number of hydrogen-bond donors (Lipinski definition) is 0. The molecule has 1 aromatic rings. The molecule has 120 valence electrons. The first-order valence-corrected chi connectivity index (χ1v) is 7.68. The third kappa shape index (κ3) is 3.52. The van der Waals surface area contributed by atoms with Crippen LogP contribution in [0.25, 0.3) is 0 Å². The van der Waals surface area contributed by atoms with Crippen LogP contribution < -0.4 is 4.90 Å². The third-order valence-corrected chi connectivity index (χ3v) is 3.96. The van der Waals surface area contributed by atoms with E-state index in [1.807, 2.05) is 0 Å². The van der Waals surface area contributed by atoms with Crippen LogP contribution in [0.15, 0.2) is 12.4 Å². The average molecular weight is 305 g/mol. The summed E-state index contributed by atoms with van der Waals surface area (Å²) in [5.74, 6) is 0.709. The summed E-state index contributed by atoms with van der Waals surface area (Å²) in [4.78, 5) is 37.8. The normalized spacial score (nSPS) is 14.9.